The van der Waals surface area contributed by atoms with Gasteiger partial charge >= 0.3 is 5.97 Å². The van der Waals surface area contributed by atoms with Crippen molar-refractivity contribution >= 4 is 46.3 Å². The summed E-state index contributed by atoms with van der Waals surface area (Å²) in [5, 5.41) is 9.78. The minimum Gasteiger partial charge on any atom is -0.504 e. The van der Waals surface area contributed by atoms with E-state index < -0.39 is 12.0 Å². The number of hydrogen-bond donors (Lipinski definition) is 1. The molecule has 1 aromatic rings. The van der Waals surface area contributed by atoms with E-state index in [1.165, 1.54) is 25.2 Å². The number of amides is 1. The van der Waals surface area contributed by atoms with Crippen LogP contribution in [-0.2, 0) is 14.3 Å². The van der Waals surface area contributed by atoms with Crippen LogP contribution in [0.3, 0.4) is 0 Å². The second kappa shape index (κ2) is 7.01. The molecular formula is C15H15NO5S2. The lowest BCUT2D eigenvalue weighted by Gasteiger charge is -2.20. The minimum atomic E-state index is -0.789. The Labute approximate surface area is 143 Å². The average molecular weight is 353 g/mol. The largest absolute Gasteiger partial charge is 0.504 e. The Hall–Kier alpha value is -2.06. The van der Waals surface area contributed by atoms with Crippen molar-refractivity contribution in [1.29, 1.82) is 0 Å². The third kappa shape index (κ3) is 3.48. The molecule has 1 amide bonds. The molecule has 1 unspecified atom stereocenters. The maximum absolute atomic E-state index is 12.4. The Morgan fingerprint density at radius 1 is 1.43 bits per heavy atom. The molecule has 23 heavy (non-hydrogen) atoms. The van der Waals surface area contributed by atoms with Crippen LogP contribution in [0.15, 0.2) is 23.1 Å². The van der Waals surface area contributed by atoms with E-state index in [4.69, 9.17) is 17.0 Å². The third-order valence-electron chi connectivity index (χ3n) is 3.25. The number of nitrogens with zero attached hydrogens (tertiary/aromatic N) is 1. The molecule has 122 valence electrons. The first-order valence-electron chi connectivity index (χ1n) is 6.61. The van der Waals surface area contributed by atoms with Gasteiger partial charge in [-0.1, -0.05) is 30.0 Å². The molecule has 2 rings (SSSR count). The fourth-order valence-corrected chi connectivity index (χ4v) is 3.46. The molecule has 1 aliphatic heterocycles. The number of carbonyl (C=O) groups is 2. The number of ether oxygens (including phenoxy) is 2. The van der Waals surface area contributed by atoms with E-state index in [-0.39, 0.29) is 16.0 Å². The molecule has 1 fully saturated rings. The number of phenolic OH excluding ortho intramolecular Hbond substituents is 1. The lowest BCUT2D eigenvalue weighted by atomic mass is 10.2. The Morgan fingerprint density at radius 3 is 2.70 bits per heavy atom. The van der Waals surface area contributed by atoms with Crippen molar-refractivity contribution in [2.45, 2.75) is 13.0 Å². The molecular weight excluding hydrogens is 338 g/mol. The van der Waals surface area contributed by atoms with Gasteiger partial charge in [0.25, 0.3) is 5.91 Å². The Bertz CT molecular complexity index is 701. The van der Waals surface area contributed by atoms with E-state index in [0.29, 0.717) is 16.2 Å². The smallest absolute Gasteiger partial charge is 0.328 e. The Morgan fingerprint density at radius 2 is 2.13 bits per heavy atom. The molecule has 0 radical (unpaired) electrons. The summed E-state index contributed by atoms with van der Waals surface area (Å²) in [6.07, 6.45) is 1.60. The van der Waals surface area contributed by atoms with E-state index in [2.05, 4.69) is 4.74 Å². The van der Waals surface area contributed by atoms with Crippen molar-refractivity contribution in [1.82, 2.24) is 4.90 Å². The molecule has 0 spiro atoms. The van der Waals surface area contributed by atoms with Crippen LogP contribution < -0.4 is 4.74 Å². The SMILES string of the molecule is COC(=O)C(C)N1C(=O)C(=Cc2ccc(OC)c(O)c2)SC1=S. The molecule has 1 aliphatic rings. The van der Waals surface area contributed by atoms with E-state index in [9.17, 15) is 14.7 Å². The number of thioether (sulfide) groups is 1. The Balaban J connectivity index is 2.28. The van der Waals surface area contributed by atoms with Crippen molar-refractivity contribution in [3.05, 3.63) is 28.7 Å². The standard InChI is InChI=1S/C15H15NO5S2/c1-8(14(19)21-3)16-13(18)12(23-15(16)22)7-9-4-5-11(20-2)10(17)6-9/h4-8,17H,1-3H3. The molecule has 0 aliphatic carbocycles. The predicted octanol–water partition coefficient (Wildman–Crippen LogP) is 2.16. The first kappa shape index (κ1) is 17.3. The van der Waals surface area contributed by atoms with Gasteiger partial charge in [0.2, 0.25) is 0 Å². The van der Waals surface area contributed by atoms with Crippen LogP contribution in [0.4, 0.5) is 0 Å². The number of benzene rings is 1. The first-order chi connectivity index (χ1) is 10.9. The highest BCUT2D eigenvalue weighted by molar-refractivity contribution is 8.26. The Kier molecular flexibility index (Phi) is 5.27. The summed E-state index contributed by atoms with van der Waals surface area (Å²) >= 11 is 6.27. The maximum Gasteiger partial charge on any atom is 0.328 e. The molecule has 1 saturated heterocycles. The van der Waals surface area contributed by atoms with Crippen molar-refractivity contribution < 1.29 is 24.2 Å². The van der Waals surface area contributed by atoms with Gasteiger partial charge in [0.05, 0.1) is 19.1 Å². The molecule has 1 aromatic carbocycles. The van der Waals surface area contributed by atoms with Gasteiger partial charge in [0.15, 0.2) is 11.5 Å². The number of thiocarbonyl (C=S) groups is 1. The van der Waals surface area contributed by atoms with Crippen LogP contribution in [0.5, 0.6) is 11.5 Å². The van der Waals surface area contributed by atoms with Gasteiger partial charge < -0.3 is 14.6 Å². The highest BCUT2D eigenvalue weighted by Crippen LogP contribution is 2.35. The fourth-order valence-electron chi connectivity index (χ4n) is 2.04. The second-order valence-corrected chi connectivity index (χ2v) is 6.36. The molecule has 0 bridgehead atoms. The third-order valence-corrected chi connectivity index (χ3v) is 4.58. The fraction of sp³-hybridized carbons (Fsp3) is 0.267. The zero-order chi connectivity index (χ0) is 17.1. The van der Waals surface area contributed by atoms with Gasteiger partial charge in [0, 0.05) is 0 Å². The number of carbonyl (C=O) groups excluding carboxylic acids is 2. The normalized spacial score (nSPS) is 17.5. The van der Waals surface area contributed by atoms with Crippen molar-refractivity contribution in [2.75, 3.05) is 14.2 Å². The summed E-state index contributed by atoms with van der Waals surface area (Å²) in [6, 6.07) is 3.99. The van der Waals surface area contributed by atoms with E-state index in [1.807, 2.05) is 0 Å². The number of rotatable bonds is 4. The zero-order valence-corrected chi connectivity index (χ0v) is 14.4. The second-order valence-electron chi connectivity index (χ2n) is 4.68. The van der Waals surface area contributed by atoms with Gasteiger partial charge in [-0.15, -0.1) is 0 Å². The molecule has 0 aromatic heterocycles. The lowest BCUT2D eigenvalue weighted by Crippen LogP contribution is -2.42. The van der Waals surface area contributed by atoms with Gasteiger partial charge in [-0.25, -0.2) is 4.79 Å². The first-order valence-corrected chi connectivity index (χ1v) is 7.83. The number of methoxy groups -OCH3 is 2. The minimum absolute atomic E-state index is 0.0281. The van der Waals surface area contributed by atoms with E-state index in [1.54, 1.807) is 25.1 Å². The summed E-state index contributed by atoms with van der Waals surface area (Å²) in [6.45, 7) is 1.55. The van der Waals surface area contributed by atoms with Crippen molar-refractivity contribution in [3.63, 3.8) is 0 Å². The van der Waals surface area contributed by atoms with Crippen LogP contribution >= 0.6 is 24.0 Å². The summed E-state index contributed by atoms with van der Waals surface area (Å²) in [7, 11) is 2.71. The number of phenols is 1. The van der Waals surface area contributed by atoms with Gasteiger partial charge in [0.1, 0.15) is 10.4 Å². The topological polar surface area (TPSA) is 76.1 Å². The molecule has 1 heterocycles. The average Bonchev–Trinajstić information content (AvgIpc) is 2.80. The number of aromatic hydroxyl groups is 1. The zero-order valence-electron chi connectivity index (χ0n) is 12.7. The highest BCUT2D eigenvalue weighted by Gasteiger charge is 2.38. The summed E-state index contributed by atoms with van der Waals surface area (Å²) < 4.78 is 9.91. The van der Waals surface area contributed by atoms with Gasteiger partial charge in [-0.2, -0.15) is 0 Å². The monoisotopic (exact) mass is 353 g/mol. The molecule has 6 nitrogen and oxygen atoms in total. The molecule has 0 saturated carbocycles. The highest BCUT2D eigenvalue weighted by atomic mass is 32.2. The summed E-state index contributed by atoms with van der Waals surface area (Å²) in [4.78, 5) is 25.7. The lowest BCUT2D eigenvalue weighted by molar-refractivity contribution is -0.147. The van der Waals surface area contributed by atoms with E-state index in [0.717, 1.165) is 11.8 Å². The number of hydrogen-bond acceptors (Lipinski definition) is 7. The molecule has 1 atom stereocenters. The van der Waals surface area contributed by atoms with Gasteiger partial charge in [-0.05, 0) is 30.7 Å². The maximum atomic E-state index is 12.4. The summed E-state index contributed by atoms with van der Waals surface area (Å²) in [5.41, 5.74) is 0.620. The predicted molar refractivity (Wildman–Crippen MR) is 91.1 cm³/mol. The van der Waals surface area contributed by atoms with Gasteiger partial charge in [-0.3, -0.25) is 9.69 Å². The van der Waals surface area contributed by atoms with E-state index >= 15 is 0 Å². The van der Waals surface area contributed by atoms with Crippen LogP contribution in [0.2, 0.25) is 0 Å². The van der Waals surface area contributed by atoms with Crippen LogP contribution in [0, 0.1) is 0 Å². The van der Waals surface area contributed by atoms with Crippen molar-refractivity contribution in [2.24, 2.45) is 0 Å². The van der Waals surface area contributed by atoms with Crippen LogP contribution in [0.25, 0.3) is 6.08 Å². The molecule has 8 heteroatoms. The quantitative estimate of drug-likeness (QED) is 0.505. The molecule has 1 N–H and O–H groups in total. The number of esters is 1. The van der Waals surface area contributed by atoms with Crippen LogP contribution in [-0.4, -0.2) is 46.5 Å². The summed E-state index contributed by atoms with van der Waals surface area (Å²) in [5.74, 6) is -0.591. The van der Waals surface area contributed by atoms with Crippen molar-refractivity contribution in [3.8, 4) is 11.5 Å². The van der Waals surface area contributed by atoms with Crippen LogP contribution in [0.1, 0.15) is 12.5 Å².